The van der Waals surface area contributed by atoms with Gasteiger partial charge in [0.2, 0.25) is 0 Å². The smallest absolute Gasteiger partial charge is 0.000528 e. The quantitative estimate of drug-likeness (QED) is 0.791. The normalized spacial score (nSPS) is 30.6. The molecule has 15 heavy (non-hydrogen) atoms. The molecule has 0 spiro atoms. The standard InChI is InChI=1S/C13H25NS/c1-13(6-3-2-4-7-13)11-14-9-12-5-8-15-10-12/h12,14H,2-11H2,1H3. The number of rotatable bonds is 4. The largest absolute Gasteiger partial charge is 0.316 e. The number of nitrogens with one attached hydrogen (secondary N) is 1. The van der Waals surface area contributed by atoms with Crippen LogP contribution in [0.25, 0.3) is 0 Å². The van der Waals surface area contributed by atoms with Crippen LogP contribution in [0.5, 0.6) is 0 Å². The van der Waals surface area contributed by atoms with Gasteiger partial charge in [-0.05, 0) is 48.6 Å². The minimum atomic E-state index is 0.615. The van der Waals surface area contributed by atoms with E-state index >= 15 is 0 Å². The molecular formula is C13H25NS. The zero-order valence-electron chi connectivity index (χ0n) is 10.1. The van der Waals surface area contributed by atoms with E-state index in [9.17, 15) is 0 Å². The van der Waals surface area contributed by atoms with Crippen molar-refractivity contribution >= 4 is 11.8 Å². The molecule has 1 saturated carbocycles. The van der Waals surface area contributed by atoms with Gasteiger partial charge in [0.05, 0.1) is 0 Å². The molecule has 0 aromatic heterocycles. The van der Waals surface area contributed by atoms with Gasteiger partial charge in [0.25, 0.3) is 0 Å². The van der Waals surface area contributed by atoms with Crippen molar-refractivity contribution in [2.45, 2.75) is 45.4 Å². The maximum absolute atomic E-state index is 3.72. The van der Waals surface area contributed by atoms with Crippen molar-refractivity contribution in [1.29, 1.82) is 0 Å². The van der Waals surface area contributed by atoms with E-state index < -0.39 is 0 Å². The summed E-state index contributed by atoms with van der Waals surface area (Å²) in [7, 11) is 0. The molecule has 0 aromatic rings. The highest BCUT2D eigenvalue weighted by Crippen LogP contribution is 2.35. The van der Waals surface area contributed by atoms with Gasteiger partial charge in [0.1, 0.15) is 0 Å². The van der Waals surface area contributed by atoms with E-state index in [2.05, 4.69) is 24.0 Å². The van der Waals surface area contributed by atoms with Gasteiger partial charge in [-0.1, -0.05) is 26.2 Å². The van der Waals surface area contributed by atoms with Crippen LogP contribution in [0, 0.1) is 11.3 Å². The van der Waals surface area contributed by atoms with Crippen molar-refractivity contribution in [2.24, 2.45) is 11.3 Å². The average Bonchev–Trinajstić information content (AvgIpc) is 2.71. The number of hydrogen-bond acceptors (Lipinski definition) is 2. The highest BCUT2D eigenvalue weighted by Gasteiger charge is 2.26. The topological polar surface area (TPSA) is 12.0 Å². The predicted molar refractivity (Wildman–Crippen MR) is 69.5 cm³/mol. The van der Waals surface area contributed by atoms with Gasteiger partial charge < -0.3 is 5.32 Å². The molecule has 1 heterocycles. The fourth-order valence-corrected chi connectivity index (χ4v) is 4.19. The summed E-state index contributed by atoms with van der Waals surface area (Å²) in [4.78, 5) is 0. The molecule has 1 aliphatic carbocycles. The van der Waals surface area contributed by atoms with E-state index in [4.69, 9.17) is 0 Å². The van der Waals surface area contributed by atoms with Gasteiger partial charge in [0.15, 0.2) is 0 Å². The van der Waals surface area contributed by atoms with Crippen molar-refractivity contribution < 1.29 is 0 Å². The summed E-state index contributed by atoms with van der Waals surface area (Å²) < 4.78 is 0. The molecule has 0 amide bonds. The summed E-state index contributed by atoms with van der Waals surface area (Å²) in [5.41, 5.74) is 0.615. The average molecular weight is 227 g/mol. The van der Waals surface area contributed by atoms with Crippen LogP contribution >= 0.6 is 11.8 Å². The highest BCUT2D eigenvalue weighted by atomic mass is 32.2. The van der Waals surface area contributed by atoms with E-state index in [1.54, 1.807) is 0 Å². The zero-order valence-corrected chi connectivity index (χ0v) is 10.9. The summed E-state index contributed by atoms with van der Waals surface area (Å²) in [5.74, 6) is 3.75. The molecule has 2 fully saturated rings. The van der Waals surface area contributed by atoms with Crippen LogP contribution in [0.15, 0.2) is 0 Å². The Labute approximate surface area is 98.8 Å². The van der Waals surface area contributed by atoms with Gasteiger partial charge in [-0.25, -0.2) is 0 Å². The molecule has 1 nitrogen and oxygen atoms in total. The summed E-state index contributed by atoms with van der Waals surface area (Å²) in [6, 6.07) is 0. The second-order valence-electron chi connectivity index (χ2n) is 5.73. The Morgan fingerprint density at radius 2 is 2.07 bits per heavy atom. The summed E-state index contributed by atoms with van der Waals surface area (Å²) >= 11 is 2.13. The SMILES string of the molecule is CC1(CNCC2CCSC2)CCCCC1. The first kappa shape index (κ1) is 11.8. The maximum atomic E-state index is 3.72. The van der Waals surface area contributed by atoms with Crippen LogP contribution in [-0.4, -0.2) is 24.6 Å². The summed E-state index contributed by atoms with van der Waals surface area (Å²) in [5, 5.41) is 3.72. The Morgan fingerprint density at radius 3 is 2.73 bits per heavy atom. The van der Waals surface area contributed by atoms with Gasteiger partial charge in [0, 0.05) is 6.54 Å². The lowest BCUT2D eigenvalue weighted by Gasteiger charge is -2.34. The Morgan fingerprint density at radius 1 is 1.27 bits per heavy atom. The monoisotopic (exact) mass is 227 g/mol. The Hall–Kier alpha value is 0.310. The lowest BCUT2D eigenvalue weighted by Crippen LogP contribution is -2.36. The Bertz CT molecular complexity index is 181. The molecular weight excluding hydrogens is 202 g/mol. The molecule has 1 saturated heterocycles. The van der Waals surface area contributed by atoms with Crippen molar-refractivity contribution in [3.05, 3.63) is 0 Å². The van der Waals surface area contributed by atoms with Crippen molar-refractivity contribution in [1.82, 2.24) is 5.32 Å². The molecule has 1 aliphatic heterocycles. The van der Waals surface area contributed by atoms with E-state index in [0.717, 1.165) is 5.92 Å². The Balaban J connectivity index is 1.63. The highest BCUT2D eigenvalue weighted by molar-refractivity contribution is 7.99. The summed E-state index contributed by atoms with van der Waals surface area (Å²) in [6.45, 7) is 5.00. The van der Waals surface area contributed by atoms with Crippen molar-refractivity contribution in [3.8, 4) is 0 Å². The van der Waals surface area contributed by atoms with Crippen LogP contribution < -0.4 is 5.32 Å². The van der Waals surface area contributed by atoms with Crippen LogP contribution in [0.1, 0.15) is 45.4 Å². The molecule has 0 radical (unpaired) electrons. The maximum Gasteiger partial charge on any atom is 0.000528 e. The molecule has 1 N–H and O–H groups in total. The van der Waals surface area contributed by atoms with Gasteiger partial charge >= 0.3 is 0 Å². The third-order valence-corrected chi connectivity index (χ3v) is 5.30. The predicted octanol–water partition coefficient (Wildman–Crippen LogP) is 3.30. The van der Waals surface area contributed by atoms with E-state index in [0.29, 0.717) is 5.41 Å². The fraction of sp³-hybridized carbons (Fsp3) is 1.00. The Kier molecular flexibility index (Phi) is 4.39. The van der Waals surface area contributed by atoms with Crippen LogP contribution in [-0.2, 0) is 0 Å². The van der Waals surface area contributed by atoms with Crippen molar-refractivity contribution in [2.75, 3.05) is 24.6 Å². The molecule has 1 atom stereocenters. The lowest BCUT2D eigenvalue weighted by molar-refractivity contribution is 0.205. The molecule has 2 aliphatic rings. The first-order chi connectivity index (χ1) is 7.29. The van der Waals surface area contributed by atoms with E-state index in [1.807, 2.05) is 0 Å². The molecule has 2 heteroatoms. The van der Waals surface area contributed by atoms with Gasteiger partial charge in [-0.15, -0.1) is 0 Å². The molecule has 0 aromatic carbocycles. The second kappa shape index (κ2) is 5.58. The zero-order chi connectivity index (χ0) is 10.6. The van der Waals surface area contributed by atoms with Crippen molar-refractivity contribution in [3.63, 3.8) is 0 Å². The van der Waals surface area contributed by atoms with Gasteiger partial charge in [-0.2, -0.15) is 11.8 Å². The van der Waals surface area contributed by atoms with Crippen LogP contribution in [0.4, 0.5) is 0 Å². The molecule has 88 valence electrons. The first-order valence-electron chi connectivity index (χ1n) is 6.57. The molecule has 0 bridgehead atoms. The van der Waals surface area contributed by atoms with E-state index in [1.165, 1.54) is 63.1 Å². The van der Waals surface area contributed by atoms with Gasteiger partial charge in [-0.3, -0.25) is 0 Å². The molecule has 1 unspecified atom stereocenters. The third kappa shape index (κ3) is 3.67. The number of hydrogen-bond donors (Lipinski definition) is 1. The van der Waals surface area contributed by atoms with Crippen LogP contribution in [0.2, 0.25) is 0 Å². The van der Waals surface area contributed by atoms with E-state index in [-0.39, 0.29) is 0 Å². The number of thioether (sulfide) groups is 1. The second-order valence-corrected chi connectivity index (χ2v) is 6.88. The minimum absolute atomic E-state index is 0.615. The molecule has 2 rings (SSSR count). The third-order valence-electron chi connectivity index (χ3n) is 4.07. The first-order valence-corrected chi connectivity index (χ1v) is 7.72. The van der Waals surface area contributed by atoms with Crippen LogP contribution in [0.3, 0.4) is 0 Å². The summed E-state index contributed by atoms with van der Waals surface area (Å²) in [6.07, 6.45) is 8.71. The minimum Gasteiger partial charge on any atom is -0.316 e. The fourth-order valence-electron chi connectivity index (χ4n) is 2.90. The lowest BCUT2D eigenvalue weighted by atomic mass is 9.76.